The van der Waals surface area contributed by atoms with E-state index < -0.39 is 29.8 Å². The first-order valence-corrected chi connectivity index (χ1v) is 7.03. The monoisotopic (exact) mass is 317 g/mol. The normalized spacial score (nSPS) is 21.8. The van der Waals surface area contributed by atoms with Crippen molar-refractivity contribution >= 4 is 23.6 Å². The van der Waals surface area contributed by atoms with Crippen LogP contribution in [0.5, 0.6) is 0 Å². The fraction of sp³-hybridized carbons (Fsp3) is 0.385. The van der Waals surface area contributed by atoms with Crippen LogP contribution in [0.25, 0.3) is 0 Å². The number of halogens is 2. The summed E-state index contributed by atoms with van der Waals surface area (Å²) in [5.41, 5.74) is 0.0168. The molecule has 2 rings (SSSR count). The topological polar surface area (TPSA) is 77.8 Å². The number of hydrogen-bond acceptors (Lipinski definition) is 4. The third-order valence-electron chi connectivity index (χ3n) is 3.16. The predicted octanol–water partition coefficient (Wildman–Crippen LogP) is 1.66. The third kappa shape index (κ3) is 3.51. The Morgan fingerprint density at radius 3 is 2.62 bits per heavy atom. The molecule has 0 unspecified atom stereocenters. The van der Waals surface area contributed by atoms with Gasteiger partial charge in [0, 0.05) is 17.9 Å². The molecule has 1 heterocycles. The molecule has 0 saturated carbocycles. The Morgan fingerprint density at radius 2 is 2.00 bits per heavy atom. The number of alkyl halides is 2. The molecule has 0 aliphatic carbocycles. The smallest absolute Gasteiger partial charge is 0.326 e. The van der Waals surface area contributed by atoms with Crippen LogP contribution in [0.3, 0.4) is 0 Å². The largest absolute Gasteiger partial charge is 0.480 e. The lowest BCUT2D eigenvalue weighted by molar-refractivity contribution is -0.141. The van der Waals surface area contributed by atoms with Crippen LogP contribution in [0.4, 0.5) is 8.78 Å². The predicted molar refractivity (Wildman–Crippen MR) is 71.4 cm³/mol. The summed E-state index contributed by atoms with van der Waals surface area (Å²) in [6.07, 6.45) is -0.990. The molecule has 8 heteroatoms. The van der Waals surface area contributed by atoms with Crippen molar-refractivity contribution in [3.05, 3.63) is 29.8 Å². The Balaban J connectivity index is 2.29. The standard InChI is InChI=1S/C13H13F2NO4S/c14-13(15)21-10-4-2-1-3-8(10)11(18)16-6-7(17)5-9(16)12(19)20/h1-4,7,9,13,17H,5-6H2,(H,19,20)/t7-,9-/m0/s1. The SMILES string of the molecule is O=C(O)[C@@H]1C[C@H](O)CN1C(=O)c1ccccc1SC(F)F. The van der Waals surface area contributed by atoms with Gasteiger partial charge in [-0.1, -0.05) is 23.9 Å². The summed E-state index contributed by atoms with van der Waals surface area (Å²) in [4.78, 5) is 24.6. The van der Waals surface area contributed by atoms with Gasteiger partial charge in [-0.2, -0.15) is 8.78 Å². The minimum Gasteiger partial charge on any atom is -0.480 e. The summed E-state index contributed by atoms with van der Waals surface area (Å²) in [6.45, 7) is -0.122. The van der Waals surface area contributed by atoms with E-state index in [9.17, 15) is 23.5 Å². The zero-order chi connectivity index (χ0) is 15.6. The summed E-state index contributed by atoms with van der Waals surface area (Å²) < 4.78 is 25.0. The number of likely N-dealkylation sites (tertiary alicyclic amines) is 1. The van der Waals surface area contributed by atoms with Crippen LogP contribution < -0.4 is 0 Å². The number of amides is 1. The van der Waals surface area contributed by atoms with E-state index in [2.05, 4.69) is 0 Å². The minimum absolute atomic E-state index is 0.0168. The van der Waals surface area contributed by atoms with Gasteiger partial charge in [0.05, 0.1) is 11.7 Å². The van der Waals surface area contributed by atoms with E-state index >= 15 is 0 Å². The summed E-state index contributed by atoms with van der Waals surface area (Å²) in [6, 6.07) is 4.65. The molecule has 0 radical (unpaired) electrons. The maximum absolute atomic E-state index is 12.5. The molecule has 0 aromatic heterocycles. The molecule has 1 amide bonds. The fourth-order valence-corrected chi connectivity index (χ4v) is 2.90. The van der Waals surface area contributed by atoms with E-state index in [-0.39, 0.29) is 35.2 Å². The van der Waals surface area contributed by atoms with Crippen molar-refractivity contribution in [1.82, 2.24) is 4.90 Å². The van der Waals surface area contributed by atoms with Gasteiger partial charge >= 0.3 is 5.97 Å². The molecular formula is C13H13F2NO4S. The number of carbonyl (C=O) groups excluding carboxylic acids is 1. The molecule has 1 saturated heterocycles. The van der Waals surface area contributed by atoms with Crippen molar-refractivity contribution < 1.29 is 28.6 Å². The molecule has 1 aromatic carbocycles. The second kappa shape index (κ2) is 6.40. The lowest BCUT2D eigenvalue weighted by atomic mass is 10.1. The molecule has 2 atom stereocenters. The molecule has 1 aliphatic rings. The van der Waals surface area contributed by atoms with E-state index in [0.717, 1.165) is 4.90 Å². The van der Waals surface area contributed by atoms with Crippen molar-refractivity contribution in [3.8, 4) is 0 Å². The molecule has 1 aliphatic heterocycles. The van der Waals surface area contributed by atoms with Crippen molar-refractivity contribution in [3.63, 3.8) is 0 Å². The van der Waals surface area contributed by atoms with Crippen LogP contribution in [0.2, 0.25) is 0 Å². The number of hydrogen-bond donors (Lipinski definition) is 2. The van der Waals surface area contributed by atoms with Gasteiger partial charge in [0.1, 0.15) is 6.04 Å². The van der Waals surface area contributed by atoms with Crippen LogP contribution >= 0.6 is 11.8 Å². The van der Waals surface area contributed by atoms with Crippen molar-refractivity contribution in [2.24, 2.45) is 0 Å². The van der Waals surface area contributed by atoms with Gasteiger partial charge < -0.3 is 15.1 Å². The van der Waals surface area contributed by atoms with Crippen molar-refractivity contribution in [2.75, 3.05) is 6.54 Å². The number of rotatable bonds is 4. The van der Waals surface area contributed by atoms with E-state index in [0.29, 0.717) is 0 Å². The molecule has 2 N–H and O–H groups in total. The van der Waals surface area contributed by atoms with Crippen LogP contribution in [-0.4, -0.2) is 51.4 Å². The number of aliphatic hydroxyl groups is 1. The average molecular weight is 317 g/mol. The van der Waals surface area contributed by atoms with Crippen LogP contribution in [0.15, 0.2) is 29.2 Å². The highest BCUT2D eigenvalue weighted by molar-refractivity contribution is 7.99. The van der Waals surface area contributed by atoms with Gasteiger partial charge in [0.15, 0.2) is 0 Å². The molecule has 0 spiro atoms. The maximum atomic E-state index is 12.5. The number of carbonyl (C=O) groups is 2. The van der Waals surface area contributed by atoms with Gasteiger partial charge in [-0.15, -0.1) is 0 Å². The fourth-order valence-electron chi connectivity index (χ4n) is 2.27. The first-order chi connectivity index (χ1) is 9.90. The van der Waals surface area contributed by atoms with Gasteiger partial charge in [0.2, 0.25) is 0 Å². The Bertz CT molecular complexity index is 555. The lowest BCUT2D eigenvalue weighted by Gasteiger charge is -2.22. The molecule has 1 aromatic rings. The third-order valence-corrected chi connectivity index (χ3v) is 3.95. The summed E-state index contributed by atoms with van der Waals surface area (Å²) >= 11 is 0.232. The van der Waals surface area contributed by atoms with Gasteiger partial charge in [-0.25, -0.2) is 4.79 Å². The zero-order valence-corrected chi connectivity index (χ0v) is 11.6. The Morgan fingerprint density at radius 1 is 1.33 bits per heavy atom. The summed E-state index contributed by atoms with van der Waals surface area (Å²) in [7, 11) is 0. The minimum atomic E-state index is -2.68. The highest BCUT2D eigenvalue weighted by Crippen LogP contribution is 2.30. The number of carboxylic acids is 1. The van der Waals surface area contributed by atoms with E-state index in [1.54, 1.807) is 0 Å². The van der Waals surface area contributed by atoms with E-state index in [1.807, 2.05) is 0 Å². The molecule has 1 fully saturated rings. The zero-order valence-electron chi connectivity index (χ0n) is 10.8. The number of aliphatic carboxylic acids is 1. The average Bonchev–Trinajstić information content (AvgIpc) is 2.80. The van der Waals surface area contributed by atoms with Crippen LogP contribution in [-0.2, 0) is 4.79 Å². The van der Waals surface area contributed by atoms with Gasteiger partial charge in [0.25, 0.3) is 11.7 Å². The van der Waals surface area contributed by atoms with E-state index in [1.165, 1.54) is 24.3 Å². The number of β-amino-alcohol motifs (C(OH)–C–C–N with tert-alkyl or cyclic N) is 1. The quantitative estimate of drug-likeness (QED) is 0.826. The molecule has 114 valence electrons. The van der Waals surface area contributed by atoms with Crippen LogP contribution in [0.1, 0.15) is 16.8 Å². The Hall–Kier alpha value is -1.67. The first kappa shape index (κ1) is 15.7. The lowest BCUT2D eigenvalue weighted by Crippen LogP contribution is -2.40. The number of benzene rings is 1. The summed E-state index contributed by atoms with van der Waals surface area (Å²) in [5.74, 6) is -4.57. The Kier molecular flexibility index (Phi) is 4.79. The molecular weight excluding hydrogens is 304 g/mol. The highest BCUT2D eigenvalue weighted by atomic mass is 32.2. The molecule has 0 bridgehead atoms. The van der Waals surface area contributed by atoms with Crippen molar-refractivity contribution in [1.29, 1.82) is 0 Å². The summed E-state index contributed by atoms with van der Waals surface area (Å²) in [5, 5.41) is 18.6. The van der Waals surface area contributed by atoms with Crippen molar-refractivity contribution in [2.45, 2.75) is 29.2 Å². The highest BCUT2D eigenvalue weighted by Gasteiger charge is 2.39. The maximum Gasteiger partial charge on any atom is 0.326 e. The number of aliphatic hydroxyl groups excluding tert-OH is 1. The Labute approximate surface area is 123 Å². The number of carboxylic acid groups (broad SMARTS) is 1. The number of thioether (sulfide) groups is 1. The van der Waals surface area contributed by atoms with Gasteiger partial charge in [-0.05, 0) is 12.1 Å². The van der Waals surface area contributed by atoms with Gasteiger partial charge in [-0.3, -0.25) is 4.79 Å². The molecule has 21 heavy (non-hydrogen) atoms. The first-order valence-electron chi connectivity index (χ1n) is 6.16. The second-order valence-corrected chi connectivity index (χ2v) is 5.61. The van der Waals surface area contributed by atoms with Crippen LogP contribution in [0, 0.1) is 0 Å². The number of nitrogens with zero attached hydrogens (tertiary/aromatic N) is 1. The van der Waals surface area contributed by atoms with E-state index in [4.69, 9.17) is 5.11 Å². The second-order valence-electron chi connectivity index (χ2n) is 4.58. The molecule has 5 nitrogen and oxygen atoms in total.